The summed E-state index contributed by atoms with van der Waals surface area (Å²) in [5, 5.41) is 19.5. The molecule has 2 aliphatic heterocycles. The van der Waals surface area contributed by atoms with Crippen molar-refractivity contribution in [3.8, 4) is 28.4 Å². The number of nitrogens with zero attached hydrogens (tertiary/aromatic N) is 6. The lowest BCUT2D eigenvalue weighted by atomic mass is 9.73. The Morgan fingerprint density at radius 1 is 1.18 bits per heavy atom. The maximum absolute atomic E-state index is 13.8. The predicted octanol–water partition coefficient (Wildman–Crippen LogP) is 4.21. The molecular formula is C28H38N6O4. The first-order valence-electron chi connectivity index (χ1n) is 13.1. The van der Waals surface area contributed by atoms with Gasteiger partial charge in [0.05, 0.1) is 25.4 Å². The van der Waals surface area contributed by atoms with E-state index in [0.29, 0.717) is 17.8 Å². The third kappa shape index (κ3) is 4.68. The van der Waals surface area contributed by atoms with Crippen LogP contribution in [-0.2, 0) is 31.2 Å². The zero-order chi connectivity index (χ0) is 26.1. The summed E-state index contributed by atoms with van der Waals surface area (Å²) in [7, 11) is 3.44. The molecule has 1 saturated carbocycles. The van der Waals surface area contributed by atoms with Crippen LogP contribution in [-0.4, -0.2) is 66.9 Å². The fourth-order valence-electron chi connectivity index (χ4n) is 6.20. The second kappa shape index (κ2) is 11.4. The van der Waals surface area contributed by atoms with Crippen molar-refractivity contribution in [3.05, 3.63) is 35.0 Å². The first kappa shape index (κ1) is 27.3. The fraction of sp³-hybridized carbons (Fsp3) is 0.536. The van der Waals surface area contributed by atoms with Crippen molar-refractivity contribution in [1.82, 2.24) is 29.7 Å². The van der Waals surface area contributed by atoms with Gasteiger partial charge in [-0.3, -0.25) is 9.59 Å². The molecule has 0 spiro atoms. The smallest absolute Gasteiger partial charge is 0.290 e. The van der Waals surface area contributed by atoms with Crippen molar-refractivity contribution in [1.29, 1.82) is 0 Å². The van der Waals surface area contributed by atoms with E-state index in [1.165, 1.54) is 34.5 Å². The number of carbonyl (C=O) groups excluding carboxylic acids is 1. The van der Waals surface area contributed by atoms with E-state index in [-0.39, 0.29) is 19.8 Å². The summed E-state index contributed by atoms with van der Waals surface area (Å²) < 4.78 is 7.98. The van der Waals surface area contributed by atoms with Crippen LogP contribution < -0.4 is 4.74 Å². The number of amides is 1. The van der Waals surface area contributed by atoms with Crippen molar-refractivity contribution in [2.24, 2.45) is 13.0 Å². The molecule has 10 nitrogen and oxygen atoms in total. The van der Waals surface area contributed by atoms with Gasteiger partial charge in [-0.1, -0.05) is 20.8 Å². The Labute approximate surface area is 223 Å². The Morgan fingerprint density at radius 3 is 2.61 bits per heavy atom. The topological polar surface area (TPSA) is 115 Å². The number of hydrogen-bond donors (Lipinski definition) is 1. The average Bonchev–Trinajstić information content (AvgIpc) is 3.48. The van der Waals surface area contributed by atoms with Crippen molar-refractivity contribution in [2.75, 3.05) is 13.7 Å². The summed E-state index contributed by atoms with van der Waals surface area (Å²) in [6, 6.07) is 6.85. The number of carbonyl (C=O) groups is 2. The first-order valence-corrected chi connectivity index (χ1v) is 13.1. The van der Waals surface area contributed by atoms with E-state index in [1.807, 2.05) is 0 Å². The van der Waals surface area contributed by atoms with Gasteiger partial charge >= 0.3 is 0 Å². The van der Waals surface area contributed by atoms with Gasteiger partial charge in [0, 0.05) is 24.7 Å². The molecule has 0 bridgehead atoms. The second-order valence-electron chi connectivity index (χ2n) is 10.0. The number of piperidine rings is 1. The molecule has 2 unspecified atom stereocenters. The number of aromatic nitrogens is 5. The summed E-state index contributed by atoms with van der Waals surface area (Å²) in [6.07, 6.45) is 7.66. The predicted molar refractivity (Wildman–Crippen MR) is 144 cm³/mol. The Kier molecular flexibility index (Phi) is 8.18. The number of hydrogen-bond acceptors (Lipinski definition) is 6. The number of methoxy groups -OCH3 is 1. The molecule has 1 N–H and O–H groups in total. The van der Waals surface area contributed by atoms with Crippen LogP contribution in [0.1, 0.15) is 68.1 Å². The van der Waals surface area contributed by atoms with E-state index in [2.05, 4.69) is 50.0 Å². The zero-order valence-electron chi connectivity index (χ0n) is 21.7. The molecule has 2 fully saturated rings. The Morgan fingerprint density at radius 2 is 1.97 bits per heavy atom. The maximum Gasteiger partial charge on any atom is 0.290 e. The molecule has 38 heavy (non-hydrogen) atoms. The Hall–Kier alpha value is -3.69. The molecule has 6 rings (SSSR count). The molecule has 1 aliphatic carbocycles. The highest BCUT2D eigenvalue weighted by Crippen LogP contribution is 2.43. The van der Waals surface area contributed by atoms with Gasteiger partial charge in [-0.25, -0.2) is 0 Å². The van der Waals surface area contributed by atoms with Gasteiger partial charge in [-0.15, -0.1) is 10.2 Å². The monoisotopic (exact) mass is 522 g/mol. The van der Waals surface area contributed by atoms with Gasteiger partial charge in [0.25, 0.3) is 12.4 Å². The van der Waals surface area contributed by atoms with Crippen molar-refractivity contribution < 1.29 is 19.4 Å². The molecular weight excluding hydrogens is 484 g/mol. The summed E-state index contributed by atoms with van der Waals surface area (Å²) in [5.41, 5.74) is 6.48. The number of rotatable bonds is 5. The van der Waals surface area contributed by atoms with E-state index in [4.69, 9.17) is 14.6 Å². The normalized spacial score (nSPS) is 19.0. The van der Waals surface area contributed by atoms with Crippen molar-refractivity contribution >= 4 is 12.4 Å². The van der Waals surface area contributed by atoms with Gasteiger partial charge in [0.2, 0.25) is 5.82 Å². The summed E-state index contributed by atoms with van der Waals surface area (Å²) in [6.45, 7) is 3.64. The van der Waals surface area contributed by atoms with Crippen molar-refractivity contribution in [2.45, 2.75) is 71.9 Å². The minimum atomic E-state index is -0.250. The minimum absolute atomic E-state index is 0. The van der Waals surface area contributed by atoms with Gasteiger partial charge in [-0.2, -0.15) is 4.80 Å². The maximum atomic E-state index is 13.8. The molecule has 2 aromatic heterocycles. The molecule has 3 aliphatic rings. The molecule has 1 amide bonds. The number of carboxylic acid groups (broad SMARTS) is 1. The standard InChI is InChI=1S/C26H32N6O2.CH2O2.CH4/c1-4-6-18-13-22(26(33)32-11-5-7-16-8-9-21(16)32)31-12-10-17-14-23(34-3)20(15-19(17)24(18)31)25-27-29-30(2)28-25;2-1-3;/h13-16,21H,4-12H2,1-3H3;1H,(H,2,3);1H4. The summed E-state index contributed by atoms with van der Waals surface area (Å²) in [5.74, 6) is 2.22. The molecule has 4 heterocycles. The second-order valence-corrected chi connectivity index (χ2v) is 10.0. The van der Waals surface area contributed by atoms with Crippen molar-refractivity contribution in [3.63, 3.8) is 0 Å². The lowest BCUT2D eigenvalue weighted by molar-refractivity contribution is -0.122. The van der Waals surface area contributed by atoms with Crippen LogP contribution in [0.4, 0.5) is 0 Å². The summed E-state index contributed by atoms with van der Waals surface area (Å²) in [4.78, 5) is 25.8. The zero-order valence-corrected chi connectivity index (χ0v) is 21.7. The number of ether oxygens (including phenoxy) is 1. The van der Waals surface area contributed by atoms with E-state index >= 15 is 0 Å². The number of tetrazole rings is 1. The number of likely N-dealkylation sites (tertiary alicyclic amines) is 1. The van der Waals surface area contributed by atoms with Gasteiger partial charge < -0.3 is 19.3 Å². The number of aryl methyl sites for hydroxylation is 3. The Balaban J connectivity index is 0.000000804. The van der Waals surface area contributed by atoms with Crippen LogP contribution in [0, 0.1) is 5.92 Å². The van der Waals surface area contributed by atoms with Crippen LogP contribution in [0.15, 0.2) is 18.2 Å². The number of benzene rings is 1. The summed E-state index contributed by atoms with van der Waals surface area (Å²) >= 11 is 0. The Bertz CT molecular complexity index is 1310. The molecule has 204 valence electrons. The number of fused-ring (bicyclic) bond motifs is 4. The van der Waals surface area contributed by atoms with Crippen LogP contribution in [0.2, 0.25) is 0 Å². The van der Waals surface area contributed by atoms with Gasteiger partial charge in [0.1, 0.15) is 11.4 Å². The highest BCUT2D eigenvalue weighted by Gasteiger charge is 2.41. The van der Waals surface area contributed by atoms with E-state index in [0.717, 1.165) is 67.8 Å². The van der Waals surface area contributed by atoms with Crippen LogP contribution >= 0.6 is 0 Å². The SMILES string of the molecule is C.CCCc1cc(C(=O)N2CCCC3CCC32)n2c1-c1cc(-c3nnn(C)n3)c(OC)cc1CC2.O=CO. The van der Waals surface area contributed by atoms with E-state index in [9.17, 15) is 4.79 Å². The quantitative estimate of drug-likeness (QED) is 0.499. The average molecular weight is 523 g/mol. The lowest BCUT2D eigenvalue weighted by Crippen LogP contribution is -2.53. The van der Waals surface area contributed by atoms with Crippen LogP contribution in [0.3, 0.4) is 0 Å². The molecule has 1 aromatic carbocycles. The largest absolute Gasteiger partial charge is 0.496 e. The van der Waals surface area contributed by atoms with Crippen LogP contribution in [0.5, 0.6) is 5.75 Å². The molecule has 0 radical (unpaired) electrons. The molecule has 10 heteroatoms. The highest BCUT2D eigenvalue weighted by atomic mass is 16.5. The first-order chi connectivity index (χ1) is 18.0. The van der Waals surface area contributed by atoms with Gasteiger partial charge in [0.15, 0.2) is 0 Å². The molecule has 3 aromatic rings. The van der Waals surface area contributed by atoms with E-state index < -0.39 is 0 Å². The minimum Gasteiger partial charge on any atom is -0.496 e. The molecule has 2 atom stereocenters. The lowest BCUT2D eigenvalue weighted by Gasteiger charge is -2.48. The highest BCUT2D eigenvalue weighted by molar-refractivity contribution is 5.95. The van der Waals surface area contributed by atoms with E-state index in [1.54, 1.807) is 14.2 Å². The molecule has 1 saturated heterocycles. The van der Waals surface area contributed by atoms with Gasteiger partial charge in [-0.05, 0) is 79.0 Å². The van der Waals surface area contributed by atoms with Crippen LogP contribution in [0.25, 0.3) is 22.6 Å². The fourth-order valence-corrected chi connectivity index (χ4v) is 6.20. The third-order valence-corrected chi connectivity index (χ3v) is 7.96. The third-order valence-electron chi connectivity index (χ3n) is 7.96.